The topological polar surface area (TPSA) is 214 Å². The number of carbonyl (C=O) groups excluding carboxylic acids is 1. The number of hydrogen-bond acceptors (Lipinski definition) is 12. The second-order valence-corrected chi connectivity index (χ2v) is 18.6. The van der Waals surface area contributed by atoms with Crippen molar-refractivity contribution in [3.05, 3.63) is 0 Å². The van der Waals surface area contributed by atoms with E-state index in [2.05, 4.69) is 33.0 Å². The molecule has 2 aliphatic heterocycles. The lowest BCUT2D eigenvalue weighted by atomic mass is 9.85. The Bertz CT molecular complexity index is 978. The molecule has 0 aromatic rings. The minimum atomic E-state index is -2.63. The van der Waals surface area contributed by atoms with E-state index in [1.54, 1.807) is 0 Å². The third-order valence-corrected chi connectivity index (χ3v) is 14.9. The normalized spacial score (nSPS) is 36.1. The molecular formula is C30H55NO13Si. The predicted molar refractivity (Wildman–Crippen MR) is 162 cm³/mol. The summed E-state index contributed by atoms with van der Waals surface area (Å²) >= 11 is 0. The summed E-state index contributed by atoms with van der Waals surface area (Å²) in [5.74, 6) is -1.84. The second kappa shape index (κ2) is 15.8. The summed E-state index contributed by atoms with van der Waals surface area (Å²) in [7, 11) is -2.63. The molecular weight excluding hydrogens is 610 g/mol. The van der Waals surface area contributed by atoms with Crippen LogP contribution in [-0.4, -0.2) is 132 Å². The van der Waals surface area contributed by atoms with Gasteiger partial charge in [0, 0.05) is 6.92 Å². The third-order valence-electron chi connectivity index (χ3n) is 10.4. The van der Waals surface area contributed by atoms with Gasteiger partial charge in [0.2, 0.25) is 5.91 Å². The average molecular weight is 666 g/mol. The molecule has 1 amide bonds. The number of rotatable bonds is 13. The Morgan fingerprint density at radius 1 is 0.911 bits per heavy atom. The molecule has 0 radical (unpaired) electrons. The lowest BCUT2D eigenvalue weighted by molar-refractivity contribution is -0.347. The Morgan fingerprint density at radius 2 is 1.44 bits per heavy atom. The van der Waals surface area contributed by atoms with Crippen LogP contribution in [0.4, 0.5) is 0 Å². The van der Waals surface area contributed by atoms with E-state index >= 15 is 0 Å². The molecule has 0 spiro atoms. The molecule has 1 aliphatic carbocycles. The number of carbonyl (C=O) groups is 2. The van der Waals surface area contributed by atoms with Crippen LogP contribution in [0.2, 0.25) is 18.1 Å². The summed E-state index contributed by atoms with van der Waals surface area (Å²) in [4.78, 5) is 24.6. The summed E-state index contributed by atoms with van der Waals surface area (Å²) in [5.41, 5.74) is 0. The number of hydrogen-bond donors (Lipinski definition) is 7. The molecule has 7 N–H and O–H groups in total. The van der Waals surface area contributed by atoms with Crippen LogP contribution in [0, 0.1) is 11.8 Å². The molecule has 0 aromatic carbocycles. The lowest BCUT2D eigenvalue weighted by Crippen LogP contribution is -2.69. The largest absolute Gasteiger partial charge is 0.479 e. The smallest absolute Gasteiger partial charge is 0.333 e. The van der Waals surface area contributed by atoms with E-state index in [0.717, 1.165) is 19.3 Å². The molecule has 3 aliphatic rings. The van der Waals surface area contributed by atoms with E-state index in [-0.39, 0.29) is 16.9 Å². The molecule has 3 rings (SSSR count). The fourth-order valence-corrected chi connectivity index (χ4v) is 8.79. The Kier molecular flexibility index (Phi) is 13.4. The maximum atomic E-state index is 12.4. The van der Waals surface area contributed by atoms with Gasteiger partial charge in [-0.05, 0) is 42.8 Å². The summed E-state index contributed by atoms with van der Waals surface area (Å²) in [6, 6.07) is -1.14. The SMILES string of the molecule is CC(=O)N[C@H]1[C@H](O[Si](C)(C)C(C)(C)C(C)C)O[C@H](CO)[C@H](O)[C@@H]1O[C@@H]1O[C@H](CO)[C@H](O)[C@H](O[C@@H](C(=O)O)C2CCCCC2)[C@H]1O. The monoisotopic (exact) mass is 665 g/mol. The van der Waals surface area contributed by atoms with Crippen LogP contribution < -0.4 is 5.32 Å². The van der Waals surface area contributed by atoms with Crippen LogP contribution in [0.5, 0.6) is 0 Å². The molecule has 262 valence electrons. The van der Waals surface area contributed by atoms with Gasteiger partial charge in [-0.15, -0.1) is 0 Å². The van der Waals surface area contributed by atoms with Gasteiger partial charge in [-0.2, -0.15) is 0 Å². The molecule has 0 aromatic heterocycles. The van der Waals surface area contributed by atoms with Crippen LogP contribution >= 0.6 is 0 Å². The zero-order valence-electron chi connectivity index (χ0n) is 27.5. The lowest BCUT2D eigenvalue weighted by Gasteiger charge is -2.51. The van der Waals surface area contributed by atoms with Crippen molar-refractivity contribution in [2.75, 3.05) is 13.2 Å². The molecule has 3 fully saturated rings. The maximum Gasteiger partial charge on any atom is 0.333 e. The first kappa shape index (κ1) is 38.2. The van der Waals surface area contributed by atoms with Gasteiger partial charge in [0.1, 0.15) is 48.8 Å². The zero-order valence-corrected chi connectivity index (χ0v) is 28.5. The molecule has 2 saturated heterocycles. The molecule has 45 heavy (non-hydrogen) atoms. The van der Waals surface area contributed by atoms with E-state index in [0.29, 0.717) is 12.8 Å². The van der Waals surface area contributed by atoms with Crippen molar-refractivity contribution in [1.82, 2.24) is 5.32 Å². The number of ether oxygens (including phenoxy) is 4. The summed E-state index contributed by atoms with van der Waals surface area (Å²) in [6.45, 7) is 12.3. The molecule has 15 heteroatoms. The van der Waals surface area contributed by atoms with Crippen molar-refractivity contribution >= 4 is 20.2 Å². The van der Waals surface area contributed by atoms with Crippen molar-refractivity contribution in [2.24, 2.45) is 11.8 Å². The minimum absolute atomic E-state index is 0.223. The molecule has 2 heterocycles. The Morgan fingerprint density at radius 3 is 1.93 bits per heavy atom. The predicted octanol–water partition coefficient (Wildman–Crippen LogP) is 0.470. The summed E-state index contributed by atoms with van der Waals surface area (Å²) < 4.78 is 30.3. The fourth-order valence-electron chi connectivity index (χ4n) is 6.31. The van der Waals surface area contributed by atoms with Gasteiger partial charge in [-0.25, -0.2) is 4.79 Å². The fraction of sp³-hybridized carbons (Fsp3) is 0.933. The first-order chi connectivity index (χ1) is 21.0. The van der Waals surface area contributed by atoms with Crippen LogP contribution in [0.15, 0.2) is 0 Å². The summed E-state index contributed by atoms with van der Waals surface area (Å²) in [6.07, 6.45) is -10.6. The van der Waals surface area contributed by atoms with E-state index in [1.165, 1.54) is 6.92 Å². The van der Waals surface area contributed by atoms with Gasteiger partial charge < -0.3 is 59.3 Å². The number of carboxylic acids is 1. The number of amides is 1. The number of aliphatic hydroxyl groups excluding tert-OH is 5. The first-order valence-electron chi connectivity index (χ1n) is 16.0. The quantitative estimate of drug-likeness (QED) is 0.133. The van der Waals surface area contributed by atoms with E-state index in [9.17, 15) is 40.2 Å². The highest BCUT2D eigenvalue weighted by atomic mass is 28.4. The van der Waals surface area contributed by atoms with Crippen LogP contribution in [-0.2, 0) is 33.0 Å². The van der Waals surface area contributed by atoms with Gasteiger partial charge in [0.25, 0.3) is 0 Å². The van der Waals surface area contributed by atoms with Gasteiger partial charge in [0.05, 0.1) is 13.2 Å². The van der Waals surface area contributed by atoms with Crippen molar-refractivity contribution in [3.63, 3.8) is 0 Å². The van der Waals surface area contributed by atoms with Gasteiger partial charge in [0.15, 0.2) is 27.0 Å². The van der Waals surface area contributed by atoms with Gasteiger partial charge in [-0.1, -0.05) is 47.0 Å². The number of nitrogens with one attached hydrogen (secondary N) is 1. The first-order valence-corrected chi connectivity index (χ1v) is 18.9. The highest BCUT2D eigenvalue weighted by molar-refractivity contribution is 6.74. The van der Waals surface area contributed by atoms with Crippen LogP contribution in [0.25, 0.3) is 0 Å². The number of aliphatic hydroxyl groups is 5. The van der Waals surface area contributed by atoms with Crippen molar-refractivity contribution in [1.29, 1.82) is 0 Å². The number of aliphatic carboxylic acids is 1. The van der Waals surface area contributed by atoms with Crippen LogP contribution in [0.3, 0.4) is 0 Å². The van der Waals surface area contributed by atoms with Gasteiger partial charge in [-0.3, -0.25) is 4.79 Å². The highest BCUT2D eigenvalue weighted by Gasteiger charge is 2.55. The molecule has 1 saturated carbocycles. The zero-order chi connectivity index (χ0) is 33.9. The van der Waals surface area contributed by atoms with E-state index in [1.807, 2.05) is 13.1 Å². The Labute approximate surface area is 266 Å². The molecule has 0 bridgehead atoms. The van der Waals surface area contributed by atoms with Gasteiger partial charge >= 0.3 is 5.97 Å². The molecule has 0 unspecified atom stereocenters. The van der Waals surface area contributed by atoms with Crippen molar-refractivity contribution < 1.29 is 63.6 Å². The van der Waals surface area contributed by atoms with Crippen LogP contribution in [0.1, 0.15) is 66.7 Å². The average Bonchev–Trinajstić information content (AvgIpc) is 2.97. The molecule has 14 nitrogen and oxygen atoms in total. The standard InChI is InChI=1S/C30H55NO13Si/c1-15(2)30(4,5)45(6,7)44-28-20(31-16(3)34)25(21(35)18(13-32)40-28)43-29-23(37)26(22(36)19(14-33)41-29)42-24(27(38)39)17-11-9-8-10-12-17/h15,17-26,28-29,32-33,35-37H,8-14H2,1-7H3,(H,31,34)(H,38,39)/t18-,19-,20-,21+,22+,23-,24-,25-,26+,28+,29+/m1/s1. The minimum Gasteiger partial charge on any atom is -0.479 e. The highest BCUT2D eigenvalue weighted by Crippen LogP contribution is 2.46. The van der Waals surface area contributed by atoms with E-state index < -0.39 is 101 Å². The number of carboxylic acid groups (broad SMARTS) is 1. The van der Waals surface area contributed by atoms with E-state index in [4.69, 9.17) is 23.4 Å². The van der Waals surface area contributed by atoms with Crippen molar-refractivity contribution in [2.45, 2.75) is 152 Å². The third kappa shape index (κ3) is 8.62. The Hall–Kier alpha value is -1.24. The maximum absolute atomic E-state index is 12.4. The van der Waals surface area contributed by atoms with Crippen molar-refractivity contribution in [3.8, 4) is 0 Å². The Balaban J connectivity index is 1.94. The molecule has 11 atom stereocenters. The second-order valence-electron chi connectivity index (χ2n) is 14.0. The summed E-state index contributed by atoms with van der Waals surface area (Å²) in [5, 5.41) is 66.2.